The molecule has 0 aliphatic carbocycles. The normalized spacial score (nSPS) is 10.0. The quantitative estimate of drug-likeness (QED) is 0.856. The minimum atomic E-state index is -0.600. The number of benzene rings is 2. The molecule has 0 fully saturated rings. The lowest BCUT2D eigenvalue weighted by molar-refractivity contribution is -0.123. The third-order valence-corrected chi connectivity index (χ3v) is 3.17. The summed E-state index contributed by atoms with van der Waals surface area (Å²) < 4.78 is 5.33. The zero-order chi connectivity index (χ0) is 15.9. The molecule has 0 aromatic heterocycles. The fourth-order valence-corrected chi connectivity index (χ4v) is 1.92. The van der Waals surface area contributed by atoms with Crippen LogP contribution in [-0.2, 0) is 11.3 Å². The Morgan fingerprint density at radius 2 is 1.77 bits per heavy atom. The van der Waals surface area contributed by atoms with Gasteiger partial charge >= 0.3 is 0 Å². The number of nitrogens with one attached hydrogen (secondary N) is 1. The topological polar surface area (TPSA) is 81.4 Å². The summed E-state index contributed by atoms with van der Waals surface area (Å²) in [5.74, 6) is -0.608. The maximum absolute atomic E-state index is 11.8. The molecule has 3 N–H and O–H groups in total. The highest BCUT2D eigenvalue weighted by Crippen LogP contribution is 2.16. The van der Waals surface area contributed by atoms with Crippen molar-refractivity contribution in [2.75, 3.05) is 6.61 Å². The highest BCUT2D eigenvalue weighted by molar-refractivity contribution is 6.30. The minimum absolute atomic E-state index is 0.197. The minimum Gasteiger partial charge on any atom is -0.483 e. The lowest BCUT2D eigenvalue weighted by Gasteiger charge is -2.10. The van der Waals surface area contributed by atoms with E-state index in [1.54, 1.807) is 36.4 Å². The molecule has 2 amide bonds. The van der Waals surface area contributed by atoms with Crippen LogP contribution in [0.4, 0.5) is 0 Å². The Morgan fingerprint density at radius 3 is 2.45 bits per heavy atom. The van der Waals surface area contributed by atoms with Crippen molar-refractivity contribution < 1.29 is 14.3 Å². The molecule has 114 valence electrons. The summed E-state index contributed by atoms with van der Waals surface area (Å²) in [5.41, 5.74) is 6.41. The van der Waals surface area contributed by atoms with E-state index in [1.807, 2.05) is 12.1 Å². The summed E-state index contributed by atoms with van der Waals surface area (Å²) in [4.78, 5) is 23.0. The molecular formula is C16H15ClN2O3. The molecule has 5 nitrogen and oxygen atoms in total. The molecule has 2 rings (SSSR count). The van der Waals surface area contributed by atoms with Gasteiger partial charge in [0.25, 0.3) is 11.8 Å². The summed E-state index contributed by atoms with van der Waals surface area (Å²) in [6.45, 7) is 0.175. The Kier molecular flexibility index (Phi) is 5.38. The van der Waals surface area contributed by atoms with Crippen molar-refractivity contribution >= 4 is 23.4 Å². The van der Waals surface area contributed by atoms with E-state index in [1.165, 1.54) is 0 Å². The second-order valence-corrected chi connectivity index (χ2v) is 4.99. The number of ether oxygens (including phenoxy) is 1. The number of nitrogens with two attached hydrogens (primary N) is 1. The Hall–Kier alpha value is -2.53. The van der Waals surface area contributed by atoms with Crippen LogP contribution in [0.5, 0.6) is 5.75 Å². The number of rotatable bonds is 6. The predicted molar refractivity (Wildman–Crippen MR) is 83.8 cm³/mol. The van der Waals surface area contributed by atoms with Gasteiger partial charge in [-0.05, 0) is 29.8 Å². The van der Waals surface area contributed by atoms with Crippen LogP contribution in [0.1, 0.15) is 15.9 Å². The molecule has 0 heterocycles. The first-order valence-electron chi connectivity index (χ1n) is 6.59. The van der Waals surface area contributed by atoms with Gasteiger partial charge < -0.3 is 15.8 Å². The van der Waals surface area contributed by atoms with Gasteiger partial charge in [0.05, 0.1) is 5.56 Å². The van der Waals surface area contributed by atoms with E-state index in [0.717, 1.165) is 5.56 Å². The van der Waals surface area contributed by atoms with Crippen LogP contribution < -0.4 is 15.8 Å². The first-order chi connectivity index (χ1) is 10.6. The number of hydrogen-bond acceptors (Lipinski definition) is 3. The van der Waals surface area contributed by atoms with Gasteiger partial charge in [-0.1, -0.05) is 35.9 Å². The third-order valence-electron chi connectivity index (χ3n) is 2.91. The maximum Gasteiger partial charge on any atom is 0.258 e. The van der Waals surface area contributed by atoms with Crippen molar-refractivity contribution in [3.63, 3.8) is 0 Å². The number of amides is 2. The molecule has 0 aliphatic rings. The van der Waals surface area contributed by atoms with Crippen molar-refractivity contribution in [2.45, 2.75) is 6.54 Å². The van der Waals surface area contributed by atoms with E-state index < -0.39 is 5.91 Å². The molecule has 0 saturated carbocycles. The van der Waals surface area contributed by atoms with Crippen LogP contribution in [0.3, 0.4) is 0 Å². The number of primary amides is 1. The molecule has 0 aliphatic heterocycles. The van der Waals surface area contributed by atoms with Crippen molar-refractivity contribution in [3.8, 4) is 5.75 Å². The van der Waals surface area contributed by atoms with Gasteiger partial charge in [0, 0.05) is 11.6 Å². The van der Waals surface area contributed by atoms with Gasteiger partial charge in [-0.25, -0.2) is 0 Å². The summed E-state index contributed by atoms with van der Waals surface area (Å²) in [6, 6.07) is 13.7. The monoisotopic (exact) mass is 318 g/mol. The average molecular weight is 319 g/mol. The fourth-order valence-electron chi connectivity index (χ4n) is 1.79. The highest BCUT2D eigenvalue weighted by atomic mass is 35.5. The standard InChI is InChI=1S/C16H15ClN2O3/c17-12-7-5-11(6-8-12)9-19-15(20)10-22-14-4-2-1-3-13(14)16(18)21/h1-8H,9-10H2,(H2,18,21)(H,19,20). The zero-order valence-corrected chi connectivity index (χ0v) is 12.5. The Balaban J connectivity index is 1.85. The molecule has 2 aromatic rings. The molecule has 6 heteroatoms. The van der Waals surface area contributed by atoms with Crippen molar-refractivity contribution in [1.29, 1.82) is 0 Å². The number of para-hydroxylation sites is 1. The van der Waals surface area contributed by atoms with Crippen LogP contribution in [0.25, 0.3) is 0 Å². The average Bonchev–Trinajstić information content (AvgIpc) is 2.52. The molecule has 2 aromatic carbocycles. The number of halogens is 1. The van der Waals surface area contributed by atoms with Gasteiger partial charge in [-0.2, -0.15) is 0 Å². The van der Waals surface area contributed by atoms with Crippen LogP contribution in [0.2, 0.25) is 5.02 Å². The third kappa shape index (κ3) is 4.49. The van der Waals surface area contributed by atoms with Gasteiger partial charge in [-0.15, -0.1) is 0 Å². The molecule has 0 unspecified atom stereocenters. The molecule has 0 atom stereocenters. The largest absolute Gasteiger partial charge is 0.483 e. The summed E-state index contributed by atoms with van der Waals surface area (Å²) in [5, 5.41) is 3.35. The van der Waals surface area contributed by atoms with Crippen LogP contribution >= 0.6 is 11.6 Å². The van der Waals surface area contributed by atoms with Crippen LogP contribution in [-0.4, -0.2) is 18.4 Å². The van der Waals surface area contributed by atoms with Crippen LogP contribution in [0.15, 0.2) is 48.5 Å². The van der Waals surface area contributed by atoms with E-state index in [0.29, 0.717) is 11.6 Å². The number of hydrogen-bond donors (Lipinski definition) is 2. The van der Waals surface area contributed by atoms with Crippen molar-refractivity contribution in [2.24, 2.45) is 5.73 Å². The molecule has 0 radical (unpaired) electrons. The van der Waals surface area contributed by atoms with Gasteiger partial charge in [0.2, 0.25) is 0 Å². The van der Waals surface area contributed by atoms with E-state index >= 15 is 0 Å². The molecule has 22 heavy (non-hydrogen) atoms. The molecular weight excluding hydrogens is 304 g/mol. The lowest BCUT2D eigenvalue weighted by atomic mass is 10.2. The Bertz CT molecular complexity index is 671. The van der Waals surface area contributed by atoms with E-state index in [2.05, 4.69) is 5.32 Å². The SMILES string of the molecule is NC(=O)c1ccccc1OCC(=O)NCc1ccc(Cl)cc1. The van der Waals surface area contributed by atoms with E-state index in [-0.39, 0.29) is 23.8 Å². The van der Waals surface area contributed by atoms with Gasteiger partial charge in [-0.3, -0.25) is 9.59 Å². The summed E-state index contributed by atoms with van der Waals surface area (Å²) >= 11 is 5.79. The Labute approximate surface area is 133 Å². The number of carbonyl (C=O) groups excluding carboxylic acids is 2. The maximum atomic E-state index is 11.8. The van der Waals surface area contributed by atoms with Crippen molar-refractivity contribution in [1.82, 2.24) is 5.32 Å². The smallest absolute Gasteiger partial charge is 0.258 e. The zero-order valence-electron chi connectivity index (χ0n) is 11.7. The van der Waals surface area contributed by atoms with E-state index in [9.17, 15) is 9.59 Å². The van der Waals surface area contributed by atoms with Crippen LogP contribution in [0, 0.1) is 0 Å². The molecule has 0 bridgehead atoms. The second kappa shape index (κ2) is 7.47. The lowest BCUT2D eigenvalue weighted by Crippen LogP contribution is -2.28. The first kappa shape index (κ1) is 15.9. The van der Waals surface area contributed by atoms with Gasteiger partial charge in [0.1, 0.15) is 5.75 Å². The summed E-state index contributed by atoms with van der Waals surface area (Å²) in [7, 11) is 0. The highest BCUT2D eigenvalue weighted by Gasteiger charge is 2.10. The van der Waals surface area contributed by atoms with Gasteiger partial charge in [0.15, 0.2) is 6.61 Å². The van der Waals surface area contributed by atoms with E-state index in [4.69, 9.17) is 22.1 Å². The molecule has 0 spiro atoms. The first-order valence-corrected chi connectivity index (χ1v) is 6.97. The summed E-state index contributed by atoms with van der Waals surface area (Å²) in [6.07, 6.45) is 0. The van der Waals surface area contributed by atoms with Crippen molar-refractivity contribution in [3.05, 3.63) is 64.7 Å². The predicted octanol–water partition coefficient (Wildman–Crippen LogP) is 2.13. The number of carbonyl (C=O) groups is 2. The second-order valence-electron chi connectivity index (χ2n) is 4.55. The molecule has 0 saturated heterocycles. The fraction of sp³-hybridized carbons (Fsp3) is 0.125. The Morgan fingerprint density at radius 1 is 1.09 bits per heavy atom.